The molecule has 4 heteroatoms. The van der Waals surface area contributed by atoms with Crippen molar-refractivity contribution in [1.82, 2.24) is 4.98 Å². The maximum Gasteiger partial charge on any atom is 0.146 e. The average molecular weight is 223 g/mol. The first kappa shape index (κ1) is 10.6. The number of nitrogens with zero attached hydrogens (tertiary/aromatic N) is 2. The summed E-state index contributed by atoms with van der Waals surface area (Å²) in [4.78, 5) is 6.49. The molecule has 1 atom stereocenters. The van der Waals surface area contributed by atoms with Gasteiger partial charge in [-0.25, -0.2) is 4.98 Å². The summed E-state index contributed by atoms with van der Waals surface area (Å²) in [5.74, 6) is 1.84. The lowest BCUT2D eigenvalue weighted by molar-refractivity contribution is 0.728. The number of hydrogen-bond acceptors (Lipinski definition) is 4. The first-order valence-electron chi connectivity index (χ1n) is 5.38. The van der Waals surface area contributed by atoms with Crippen LogP contribution >= 0.6 is 11.8 Å². The molecule has 0 amide bonds. The van der Waals surface area contributed by atoms with Crippen LogP contribution in [-0.2, 0) is 0 Å². The number of hydrogen-bond donors (Lipinski definition) is 1. The number of pyridine rings is 1. The van der Waals surface area contributed by atoms with Crippen LogP contribution in [-0.4, -0.2) is 29.1 Å². The molecule has 3 nitrogen and oxygen atoms in total. The zero-order valence-corrected chi connectivity index (χ0v) is 9.83. The van der Waals surface area contributed by atoms with E-state index in [4.69, 9.17) is 5.73 Å². The van der Waals surface area contributed by atoms with Crippen molar-refractivity contribution < 1.29 is 0 Å². The highest BCUT2D eigenvalue weighted by atomic mass is 32.2. The van der Waals surface area contributed by atoms with Crippen molar-refractivity contribution in [1.29, 1.82) is 0 Å². The first-order valence-corrected chi connectivity index (χ1v) is 6.43. The van der Waals surface area contributed by atoms with Crippen LogP contribution in [0.2, 0.25) is 0 Å². The normalized spacial score (nSPS) is 21.7. The van der Waals surface area contributed by atoms with Crippen molar-refractivity contribution >= 4 is 23.3 Å². The van der Waals surface area contributed by atoms with E-state index in [0.717, 1.165) is 24.0 Å². The van der Waals surface area contributed by atoms with Crippen LogP contribution in [0.4, 0.5) is 11.5 Å². The highest BCUT2D eigenvalue weighted by Gasteiger charge is 2.20. The molecule has 1 fully saturated rings. The van der Waals surface area contributed by atoms with E-state index < -0.39 is 0 Å². The molecule has 0 aliphatic carbocycles. The lowest BCUT2D eigenvalue weighted by Crippen LogP contribution is -2.38. The maximum absolute atomic E-state index is 5.88. The van der Waals surface area contributed by atoms with E-state index in [-0.39, 0.29) is 0 Å². The lowest BCUT2D eigenvalue weighted by Gasteiger charge is -2.33. The fourth-order valence-electron chi connectivity index (χ4n) is 1.86. The van der Waals surface area contributed by atoms with Crippen LogP contribution in [0.15, 0.2) is 18.3 Å². The van der Waals surface area contributed by atoms with Gasteiger partial charge in [0.1, 0.15) is 5.82 Å². The van der Waals surface area contributed by atoms with E-state index in [2.05, 4.69) is 34.6 Å². The quantitative estimate of drug-likeness (QED) is 0.832. The van der Waals surface area contributed by atoms with Gasteiger partial charge in [-0.15, -0.1) is 0 Å². The van der Waals surface area contributed by atoms with E-state index in [9.17, 15) is 0 Å². The van der Waals surface area contributed by atoms with E-state index in [1.807, 2.05) is 6.07 Å². The molecule has 0 saturated carbocycles. The molecule has 1 unspecified atom stereocenters. The molecule has 1 saturated heterocycles. The second-order valence-electron chi connectivity index (χ2n) is 3.75. The zero-order chi connectivity index (χ0) is 10.7. The third kappa shape index (κ3) is 2.37. The predicted octanol–water partition coefficient (Wildman–Crippen LogP) is 2.00. The minimum atomic E-state index is 0.652. The highest BCUT2D eigenvalue weighted by molar-refractivity contribution is 8.00. The Hall–Kier alpha value is -0.900. The molecule has 1 aliphatic heterocycles. The number of anilines is 2. The van der Waals surface area contributed by atoms with Crippen molar-refractivity contribution in [3.05, 3.63) is 18.3 Å². The Morgan fingerprint density at radius 1 is 1.67 bits per heavy atom. The van der Waals surface area contributed by atoms with Gasteiger partial charge >= 0.3 is 0 Å². The van der Waals surface area contributed by atoms with Gasteiger partial charge in [0.05, 0.1) is 5.69 Å². The molecule has 2 N–H and O–H groups in total. The van der Waals surface area contributed by atoms with E-state index in [1.54, 1.807) is 6.20 Å². The Bertz CT molecular complexity index is 329. The van der Waals surface area contributed by atoms with Gasteiger partial charge in [-0.3, -0.25) is 0 Å². The summed E-state index contributed by atoms with van der Waals surface area (Å²) in [6.07, 6.45) is 2.97. The maximum atomic E-state index is 5.88. The molecule has 82 valence electrons. The summed E-state index contributed by atoms with van der Waals surface area (Å²) >= 11 is 2.06. The molecule has 1 aromatic heterocycles. The zero-order valence-electron chi connectivity index (χ0n) is 9.02. The molecular weight excluding hydrogens is 206 g/mol. The van der Waals surface area contributed by atoms with Gasteiger partial charge in [-0.05, 0) is 18.6 Å². The van der Waals surface area contributed by atoms with Crippen LogP contribution in [0.5, 0.6) is 0 Å². The third-order valence-electron chi connectivity index (χ3n) is 2.75. The third-order valence-corrected chi connectivity index (χ3v) is 4.12. The Kier molecular flexibility index (Phi) is 3.36. The fourth-order valence-corrected chi connectivity index (χ4v) is 3.04. The summed E-state index contributed by atoms with van der Waals surface area (Å²) in [7, 11) is 0. The standard InChI is InChI=1S/C11H17N3S/c1-2-9-8-14(6-7-15-9)10-4-3-5-13-11(10)12/h3-5,9H,2,6-8H2,1H3,(H2,12,13). The first-order chi connectivity index (χ1) is 7.31. The van der Waals surface area contributed by atoms with Crippen LogP contribution in [0.3, 0.4) is 0 Å². The van der Waals surface area contributed by atoms with Gasteiger partial charge in [-0.1, -0.05) is 6.92 Å². The molecule has 0 aromatic carbocycles. The fraction of sp³-hybridized carbons (Fsp3) is 0.545. The van der Waals surface area contributed by atoms with E-state index >= 15 is 0 Å². The molecule has 0 bridgehead atoms. The van der Waals surface area contributed by atoms with Crippen molar-refractivity contribution in [3.63, 3.8) is 0 Å². The molecule has 0 radical (unpaired) electrons. The summed E-state index contributed by atoms with van der Waals surface area (Å²) in [5, 5.41) is 0.735. The second kappa shape index (κ2) is 4.75. The Balaban J connectivity index is 2.13. The summed E-state index contributed by atoms with van der Waals surface area (Å²) in [5.41, 5.74) is 6.97. The van der Waals surface area contributed by atoms with Crippen LogP contribution in [0.25, 0.3) is 0 Å². The van der Waals surface area contributed by atoms with E-state index in [1.165, 1.54) is 12.2 Å². The molecule has 1 aliphatic rings. The largest absolute Gasteiger partial charge is 0.382 e. The monoisotopic (exact) mass is 223 g/mol. The van der Waals surface area contributed by atoms with Gasteiger partial charge in [0.2, 0.25) is 0 Å². The second-order valence-corrected chi connectivity index (χ2v) is 5.16. The SMILES string of the molecule is CCC1CN(c2cccnc2N)CCS1. The number of nitrogens with two attached hydrogens (primary N) is 1. The van der Waals surface area contributed by atoms with Gasteiger partial charge in [0.15, 0.2) is 0 Å². The van der Waals surface area contributed by atoms with Gasteiger partial charge in [-0.2, -0.15) is 11.8 Å². The topological polar surface area (TPSA) is 42.2 Å². The van der Waals surface area contributed by atoms with Crippen molar-refractivity contribution in [2.45, 2.75) is 18.6 Å². The lowest BCUT2D eigenvalue weighted by atomic mass is 10.2. The van der Waals surface area contributed by atoms with Crippen molar-refractivity contribution in [2.75, 3.05) is 29.5 Å². The van der Waals surface area contributed by atoms with Crippen molar-refractivity contribution in [2.24, 2.45) is 0 Å². The minimum Gasteiger partial charge on any atom is -0.382 e. The van der Waals surface area contributed by atoms with Gasteiger partial charge in [0, 0.05) is 30.3 Å². The number of thioether (sulfide) groups is 1. The summed E-state index contributed by atoms with van der Waals surface area (Å²) < 4.78 is 0. The van der Waals surface area contributed by atoms with Gasteiger partial charge in [0.25, 0.3) is 0 Å². The molecule has 2 rings (SSSR count). The Morgan fingerprint density at radius 2 is 2.53 bits per heavy atom. The molecule has 0 spiro atoms. The Morgan fingerprint density at radius 3 is 3.27 bits per heavy atom. The molecule has 15 heavy (non-hydrogen) atoms. The van der Waals surface area contributed by atoms with Crippen LogP contribution in [0, 0.1) is 0 Å². The summed E-state index contributed by atoms with van der Waals surface area (Å²) in [6, 6.07) is 4.01. The number of aromatic nitrogens is 1. The number of nitrogen functional groups attached to an aromatic ring is 1. The van der Waals surface area contributed by atoms with E-state index in [0.29, 0.717) is 5.82 Å². The average Bonchev–Trinajstić information content (AvgIpc) is 2.30. The molecule has 1 aromatic rings. The minimum absolute atomic E-state index is 0.652. The summed E-state index contributed by atoms with van der Waals surface area (Å²) in [6.45, 7) is 4.42. The van der Waals surface area contributed by atoms with Crippen molar-refractivity contribution in [3.8, 4) is 0 Å². The predicted molar refractivity (Wildman–Crippen MR) is 67.4 cm³/mol. The molecule has 2 heterocycles. The van der Waals surface area contributed by atoms with Crippen LogP contribution < -0.4 is 10.6 Å². The van der Waals surface area contributed by atoms with Gasteiger partial charge < -0.3 is 10.6 Å². The molecular formula is C11H17N3S. The van der Waals surface area contributed by atoms with Crippen LogP contribution in [0.1, 0.15) is 13.3 Å². The smallest absolute Gasteiger partial charge is 0.146 e. The Labute approximate surface area is 95.1 Å². The highest BCUT2D eigenvalue weighted by Crippen LogP contribution is 2.27. The number of rotatable bonds is 2.